The van der Waals surface area contributed by atoms with E-state index in [1.165, 1.54) is 6.42 Å². The average molecular weight is 373 g/mol. The van der Waals surface area contributed by atoms with E-state index in [4.69, 9.17) is 12.0 Å². The zero-order valence-corrected chi connectivity index (χ0v) is 15.6. The first-order valence-corrected chi connectivity index (χ1v) is 9.43. The molecule has 0 rings (SSSR count). The lowest BCUT2D eigenvalue weighted by atomic mass is 10.1. The zero-order chi connectivity index (χ0) is 19.6. The van der Waals surface area contributed by atoms with Crippen molar-refractivity contribution >= 4 is 11.7 Å². The lowest BCUT2D eigenvalue weighted by Crippen LogP contribution is -2.46. The van der Waals surface area contributed by atoms with Gasteiger partial charge in [-0.25, -0.2) is 0 Å². The Balaban J connectivity index is 3.40. The molecule has 0 heterocycles. The van der Waals surface area contributed by atoms with Crippen LogP contribution in [-0.2, 0) is 9.59 Å². The molecular formula is C18H35N3O5. The molecule has 26 heavy (non-hydrogen) atoms. The first kappa shape index (κ1) is 24.9. The van der Waals surface area contributed by atoms with Gasteiger partial charge in [-0.1, -0.05) is 12.8 Å². The Morgan fingerprint density at radius 2 is 1.27 bits per heavy atom. The molecule has 0 aliphatic carbocycles. The fourth-order valence-electron chi connectivity index (χ4n) is 2.31. The molecule has 0 spiro atoms. The molecule has 0 saturated heterocycles. The van der Waals surface area contributed by atoms with Crippen LogP contribution in [0.1, 0.15) is 44.9 Å². The van der Waals surface area contributed by atoms with Gasteiger partial charge in [-0.05, 0) is 65.2 Å². The molecule has 8 nitrogen and oxygen atoms in total. The molecular weight excluding hydrogens is 338 g/mol. The highest BCUT2D eigenvalue weighted by Gasteiger charge is 2.29. The summed E-state index contributed by atoms with van der Waals surface area (Å²) in [5.41, 5.74) is 0. The molecule has 6 N–H and O–H groups in total. The third kappa shape index (κ3) is 13.2. The minimum Gasteiger partial charge on any atom is -0.388 e. The van der Waals surface area contributed by atoms with Crippen LogP contribution >= 0.6 is 0 Å². The Kier molecular flexibility index (Phi) is 16.7. The molecule has 1 amide bonds. The summed E-state index contributed by atoms with van der Waals surface area (Å²) in [6, 6.07) is 0. The highest BCUT2D eigenvalue weighted by molar-refractivity contribution is 5.92. The Morgan fingerprint density at radius 3 is 1.77 bits per heavy atom. The van der Waals surface area contributed by atoms with Gasteiger partial charge in [0.25, 0.3) is 5.91 Å². The lowest BCUT2D eigenvalue weighted by Gasteiger charge is -2.15. The van der Waals surface area contributed by atoms with Gasteiger partial charge in [-0.3, -0.25) is 9.59 Å². The van der Waals surface area contributed by atoms with Gasteiger partial charge in [0.15, 0.2) is 11.9 Å². The maximum atomic E-state index is 11.5. The van der Waals surface area contributed by atoms with E-state index in [9.17, 15) is 19.8 Å². The van der Waals surface area contributed by atoms with Gasteiger partial charge in [0, 0.05) is 6.54 Å². The Bertz CT molecular complexity index is 369. The number of nitrogens with one attached hydrogen (secondary N) is 3. The van der Waals surface area contributed by atoms with Crippen LogP contribution in [0.2, 0.25) is 0 Å². The standard InChI is InChI=1S/C18H35N3O5/c1-2-9-19-10-5-3-6-11-20-12-7-4-8-13-21-18(26)17(25)16(24)15(23)14-22/h1,16-17,19-20,22,24-25H,2-14H2,(H,21,26). The van der Waals surface area contributed by atoms with Crippen molar-refractivity contribution in [2.24, 2.45) is 0 Å². The molecule has 2 unspecified atom stereocenters. The monoisotopic (exact) mass is 373 g/mol. The van der Waals surface area contributed by atoms with Gasteiger partial charge in [0.1, 0.15) is 12.7 Å². The Hall–Kier alpha value is -1.06. The molecule has 152 valence electrons. The van der Waals surface area contributed by atoms with Crippen molar-refractivity contribution in [3.05, 3.63) is 6.92 Å². The average Bonchev–Trinajstić information content (AvgIpc) is 2.66. The number of carbonyl (C=O) groups is 2. The van der Waals surface area contributed by atoms with Crippen LogP contribution in [0, 0.1) is 6.92 Å². The summed E-state index contributed by atoms with van der Waals surface area (Å²) in [6.07, 6.45) is 3.09. The molecule has 2 radical (unpaired) electrons. The third-order valence-corrected chi connectivity index (χ3v) is 3.91. The van der Waals surface area contributed by atoms with Crippen molar-refractivity contribution < 1.29 is 24.9 Å². The Morgan fingerprint density at radius 1 is 0.769 bits per heavy atom. The summed E-state index contributed by atoms with van der Waals surface area (Å²) in [5.74, 6) is -1.79. The predicted octanol–water partition coefficient (Wildman–Crippen LogP) is -0.993. The van der Waals surface area contributed by atoms with Crippen molar-refractivity contribution in [1.29, 1.82) is 0 Å². The molecule has 0 aromatic heterocycles. The van der Waals surface area contributed by atoms with E-state index in [1.807, 2.05) is 0 Å². The second-order valence-electron chi connectivity index (χ2n) is 6.22. The molecule has 0 fully saturated rings. The minimum atomic E-state index is -1.89. The fourth-order valence-corrected chi connectivity index (χ4v) is 2.31. The minimum absolute atomic E-state index is 0.367. The molecule has 0 aromatic rings. The first-order valence-electron chi connectivity index (χ1n) is 9.43. The number of ketones is 1. The van der Waals surface area contributed by atoms with Crippen LogP contribution in [0.5, 0.6) is 0 Å². The van der Waals surface area contributed by atoms with Gasteiger partial charge in [-0.2, -0.15) is 0 Å². The van der Waals surface area contributed by atoms with Crippen molar-refractivity contribution in [1.82, 2.24) is 16.0 Å². The number of aliphatic hydroxyl groups excluding tert-OH is 3. The smallest absolute Gasteiger partial charge is 0.252 e. The largest absolute Gasteiger partial charge is 0.388 e. The lowest BCUT2D eigenvalue weighted by molar-refractivity contribution is -0.146. The molecule has 0 aliphatic rings. The van der Waals surface area contributed by atoms with Crippen molar-refractivity contribution in [2.75, 3.05) is 39.3 Å². The second kappa shape index (κ2) is 17.4. The van der Waals surface area contributed by atoms with Gasteiger partial charge >= 0.3 is 0 Å². The van der Waals surface area contributed by atoms with E-state index in [2.05, 4.69) is 16.0 Å². The van der Waals surface area contributed by atoms with Crippen LogP contribution in [0.4, 0.5) is 0 Å². The van der Waals surface area contributed by atoms with E-state index in [1.54, 1.807) is 0 Å². The maximum Gasteiger partial charge on any atom is 0.252 e. The first-order chi connectivity index (χ1) is 12.5. The van der Waals surface area contributed by atoms with E-state index >= 15 is 0 Å². The van der Waals surface area contributed by atoms with E-state index < -0.39 is 30.5 Å². The molecule has 0 bridgehead atoms. The number of rotatable bonds is 18. The van der Waals surface area contributed by atoms with Crippen molar-refractivity contribution in [3.8, 4) is 0 Å². The summed E-state index contributed by atoms with van der Waals surface area (Å²) in [6.45, 7) is 8.65. The molecule has 8 heteroatoms. The van der Waals surface area contributed by atoms with Crippen LogP contribution in [-0.4, -0.2) is 78.5 Å². The molecule has 2 atom stereocenters. The van der Waals surface area contributed by atoms with E-state index in [-0.39, 0.29) is 0 Å². The number of unbranched alkanes of at least 4 members (excludes halogenated alkanes) is 4. The summed E-state index contributed by atoms with van der Waals surface area (Å²) < 4.78 is 0. The number of amides is 1. The molecule has 0 saturated carbocycles. The summed E-state index contributed by atoms with van der Waals surface area (Å²) in [7, 11) is 0. The number of Topliss-reactive ketones (excluding diaryl/α,β-unsaturated/α-hetero) is 1. The number of hydrogen-bond acceptors (Lipinski definition) is 7. The van der Waals surface area contributed by atoms with Gasteiger partial charge in [0.2, 0.25) is 0 Å². The maximum absolute atomic E-state index is 11.5. The summed E-state index contributed by atoms with van der Waals surface area (Å²) in [4.78, 5) is 22.6. The molecule has 0 aromatic carbocycles. The summed E-state index contributed by atoms with van der Waals surface area (Å²) in [5, 5.41) is 36.5. The normalized spacial score (nSPS) is 13.4. The highest BCUT2D eigenvalue weighted by Crippen LogP contribution is 1.98. The number of carbonyl (C=O) groups excluding carboxylic acids is 2. The van der Waals surface area contributed by atoms with Gasteiger partial charge in [0.05, 0.1) is 0 Å². The third-order valence-electron chi connectivity index (χ3n) is 3.91. The Labute approximate surface area is 156 Å². The van der Waals surface area contributed by atoms with E-state index in [0.29, 0.717) is 13.0 Å². The zero-order valence-electron chi connectivity index (χ0n) is 15.6. The number of aliphatic hydroxyl groups is 3. The number of hydrogen-bond donors (Lipinski definition) is 6. The van der Waals surface area contributed by atoms with Crippen LogP contribution < -0.4 is 16.0 Å². The van der Waals surface area contributed by atoms with Gasteiger partial charge < -0.3 is 31.3 Å². The van der Waals surface area contributed by atoms with Crippen LogP contribution in [0.15, 0.2) is 0 Å². The topological polar surface area (TPSA) is 131 Å². The van der Waals surface area contributed by atoms with Gasteiger partial charge in [-0.15, -0.1) is 0 Å². The predicted molar refractivity (Wildman–Crippen MR) is 99.5 cm³/mol. The highest BCUT2D eigenvalue weighted by atomic mass is 16.3. The van der Waals surface area contributed by atoms with Crippen molar-refractivity contribution in [2.45, 2.75) is 57.2 Å². The quantitative estimate of drug-likeness (QED) is 0.170. The van der Waals surface area contributed by atoms with Crippen LogP contribution in [0.3, 0.4) is 0 Å². The second-order valence-corrected chi connectivity index (χ2v) is 6.22. The summed E-state index contributed by atoms with van der Waals surface area (Å²) >= 11 is 0. The van der Waals surface area contributed by atoms with Crippen LogP contribution in [0.25, 0.3) is 0 Å². The fraction of sp³-hybridized carbons (Fsp3) is 0.833. The van der Waals surface area contributed by atoms with E-state index in [0.717, 1.165) is 58.3 Å². The SMILES string of the molecule is [CH]CCNCCCCCNCCCCCNC(=O)C(O)C(O)C(=O)CO. The van der Waals surface area contributed by atoms with Crippen molar-refractivity contribution in [3.63, 3.8) is 0 Å². The molecule has 0 aliphatic heterocycles.